The van der Waals surface area contributed by atoms with Crippen molar-refractivity contribution in [3.05, 3.63) is 152 Å². The van der Waals surface area contributed by atoms with Gasteiger partial charge in [-0.1, -0.05) is 70.9 Å². The fourth-order valence-electron chi connectivity index (χ4n) is 3.89. The largest absolute Gasteiger partial charge is 4.00 e. The number of hydrogen-bond acceptors (Lipinski definition) is 0. The molecular formula is C34H32SiTi. The first-order valence-corrected chi connectivity index (χ1v) is 12.6. The van der Waals surface area contributed by atoms with Crippen molar-refractivity contribution in [2.24, 2.45) is 0 Å². The van der Waals surface area contributed by atoms with Gasteiger partial charge in [0.2, 0.25) is 0 Å². The van der Waals surface area contributed by atoms with Crippen LogP contribution in [0.15, 0.2) is 133 Å². The van der Waals surface area contributed by atoms with E-state index in [-0.39, 0.29) is 21.7 Å². The minimum atomic E-state index is 0. The quantitative estimate of drug-likeness (QED) is 0.160. The van der Waals surface area contributed by atoms with Gasteiger partial charge < -0.3 is 6.92 Å². The maximum absolute atomic E-state index is 3.25. The second-order valence-corrected chi connectivity index (χ2v) is 8.26. The molecule has 0 aromatic heterocycles. The van der Waals surface area contributed by atoms with Crippen LogP contribution in [-0.4, -0.2) is 15.5 Å². The monoisotopic (exact) mass is 516 g/mol. The molecule has 6 aromatic carbocycles. The standard InChI is InChI=1S/C15H11.C10H9.C7H7Si.C2H5.Ti/c1-2-6-12(7-3-1)14-10-4-8-13-9-5-11-15(13)14;1-8-6-9-4-2-3-5-10(9)7-8;8-6-7-4-2-1-3-5-7;1-2;/h1-11H;2-7H,1H3;1-5H,8H2;1H2,2H3;/q4*-1;+4. The Morgan fingerprint density at radius 2 is 1.31 bits per heavy atom. The average Bonchev–Trinajstić information content (AvgIpc) is 3.57. The van der Waals surface area contributed by atoms with Crippen LogP contribution in [-0.2, 0) is 21.7 Å². The molecule has 0 aliphatic heterocycles. The Morgan fingerprint density at radius 3 is 1.94 bits per heavy atom. The van der Waals surface area contributed by atoms with E-state index in [1.54, 1.807) is 16.8 Å². The van der Waals surface area contributed by atoms with Crippen LogP contribution in [0.1, 0.15) is 18.1 Å². The zero-order chi connectivity index (χ0) is 24.9. The van der Waals surface area contributed by atoms with Gasteiger partial charge in [0.05, 0.1) is 0 Å². The predicted octanol–water partition coefficient (Wildman–Crippen LogP) is 8.28. The Hall–Kier alpha value is -3.10. The Labute approximate surface area is 234 Å². The van der Waals surface area contributed by atoms with Crippen molar-refractivity contribution >= 4 is 37.1 Å². The van der Waals surface area contributed by atoms with Gasteiger partial charge >= 0.3 is 21.7 Å². The molecule has 176 valence electrons. The van der Waals surface area contributed by atoms with Gasteiger partial charge in [0, 0.05) is 0 Å². The van der Waals surface area contributed by atoms with E-state index in [2.05, 4.69) is 123 Å². The molecule has 0 radical (unpaired) electrons. The third-order valence-electron chi connectivity index (χ3n) is 5.50. The van der Waals surface area contributed by atoms with Gasteiger partial charge in [0.15, 0.2) is 0 Å². The van der Waals surface area contributed by atoms with Gasteiger partial charge in [-0.05, 0) is 5.56 Å². The number of fused-ring (bicyclic) bond motifs is 2. The van der Waals surface area contributed by atoms with Crippen LogP contribution in [0.3, 0.4) is 0 Å². The first-order valence-electron chi connectivity index (χ1n) is 11.9. The summed E-state index contributed by atoms with van der Waals surface area (Å²) in [5.74, 6) is 0. The minimum absolute atomic E-state index is 0. The normalized spacial score (nSPS) is 9.42. The molecule has 0 bridgehead atoms. The van der Waals surface area contributed by atoms with E-state index >= 15 is 0 Å². The topological polar surface area (TPSA) is 0 Å². The van der Waals surface area contributed by atoms with Crippen LogP contribution >= 0.6 is 0 Å². The molecule has 0 spiro atoms. The van der Waals surface area contributed by atoms with Crippen molar-refractivity contribution in [2.45, 2.75) is 13.8 Å². The summed E-state index contributed by atoms with van der Waals surface area (Å²) < 4.78 is 0. The van der Waals surface area contributed by atoms with Crippen molar-refractivity contribution in [1.82, 2.24) is 0 Å². The molecule has 6 aromatic rings. The molecule has 0 N–H and O–H groups in total. The molecule has 0 fully saturated rings. The fourth-order valence-corrected chi connectivity index (χ4v) is 4.13. The van der Waals surface area contributed by atoms with Gasteiger partial charge in [-0.15, -0.1) is 81.7 Å². The summed E-state index contributed by atoms with van der Waals surface area (Å²) in [4.78, 5) is 0. The van der Waals surface area contributed by atoms with Gasteiger partial charge in [-0.25, -0.2) is 0 Å². The third kappa shape index (κ3) is 8.24. The molecule has 6 rings (SSSR count). The fraction of sp³-hybridized carbons (Fsp3) is 0.0588. The summed E-state index contributed by atoms with van der Waals surface area (Å²) in [6, 6.07) is 46.3. The molecule has 0 unspecified atom stereocenters. The van der Waals surface area contributed by atoms with Crippen LogP contribution < -0.4 is 0 Å². The second-order valence-electron chi connectivity index (χ2n) is 7.90. The summed E-state index contributed by atoms with van der Waals surface area (Å²) in [5.41, 5.74) is 8.18. The predicted molar refractivity (Wildman–Crippen MR) is 159 cm³/mol. The third-order valence-corrected chi connectivity index (χ3v) is 5.91. The molecular weight excluding hydrogens is 484 g/mol. The number of rotatable bonds is 2. The molecule has 0 saturated carbocycles. The van der Waals surface area contributed by atoms with E-state index in [0.29, 0.717) is 0 Å². The van der Waals surface area contributed by atoms with Crippen molar-refractivity contribution in [2.75, 3.05) is 0 Å². The summed E-state index contributed by atoms with van der Waals surface area (Å²) in [6.45, 7) is 7.12. The van der Waals surface area contributed by atoms with Crippen LogP contribution in [0.5, 0.6) is 0 Å². The van der Waals surface area contributed by atoms with E-state index in [9.17, 15) is 0 Å². The van der Waals surface area contributed by atoms with E-state index in [1.165, 1.54) is 43.8 Å². The maximum Gasteiger partial charge on any atom is 4.00 e. The van der Waals surface area contributed by atoms with Gasteiger partial charge in [0.1, 0.15) is 0 Å². The molecule has 36 heavy (non-hydrogen) atoms. The molecule has 0 nitrogen and oxygen atoms in total. The van der Waals surface area contributed by atoms with Crippen molar-refractivity contribution in [3.63, 3.8) is 0 Å². The Kier molecular flexibility index (Phi) is 12.8. The summed E-state index contributed by atoms with van der Waals surface area (Å²) in [5, 5.41) is 5.35. The van der Waals surface area contributed by atoms with E-state index in [0.717, 1.165) is 0 Å². The van der Waals surface area contributed by atoms with Gasteiger partial charge in [-0.3, -0.25) is 0 Å². The molecule has 2 heteroatoms. The summed E-state index contributed by atoms with van der Waals surface area (Å²) in [6.07, 6.45) is 0. The zero-order valence-corrected chi connectivity index (χ0v) is 24.1. The van der Waals surface area contributed by atoms with E-state index < -0.39 is 0 Å². The Balaban J connectivity index is 0.000000191. The van der Waals surface area contributed by atoms with E-state index in [1.807, 2.05) is 30.3 Å². The first-order chi connectivity index (χ1) is 17.2. The van der Waals surface area contributed by atoms with Crippen LogP contribution in [0.2, 0.25) is 0 Å². The summed E-state index contributed by atoms with van der Waals surface area (Å²) in [7, 11) is 1.73. The van der Waals surface area contributed by atoms with Gasteiger partial charge in [-0.2, -0.15) is 48.5 Å². The van der Waals surface area contributed by atoms with Gasteiger partial charge in [0.25, 0.3) is 0 Å². The molecule has 0 heterocycles. The zero-order valence-electron chi connectivity index (χ0n) is 21.1. The van der Waals surface area contributed by atoms with Crippen LogP contribution in [0.25, 0.3) is 32.7 Å². The average molecular weight is 517 g/mol. The van der Waals surface area contributed by atoms with Crippen LogP contribution in [0.4, 0.5) is 0 Å². The molecule has 0 saturated heterocycles. The van der Waals surface area contributed by atoms with Crippen molar-refractivity contribution < 1.29 is 21.7 Å². The Morgan fingerprint density at radius 1 is 0.694 bits per heavy atom. The minimum Gasteiger partial charge on any atom is -0.346 e. The SMILES string of the molecule is Cc1cc2ccccc2[cH-]1.[CH2-]C.[SiH2]=[C-]c1ccccc1.[Ti+4].c1ccc(-c2cccc3[cH-]ccc23)cc1. The van der Waals surface area contributed by atoms with Crippen LogP contribution in [0, 0.1) is 13.8 Å². The maximum atomic E-state index is 3.25. The van der Waals surface area contributed by atoms with Crippen molar-refractivity contribution in [1.29, 1.82) is 0 Å². The molecule has 0 amide bonds. The number of hydrogen-bond donors (Lipinski definition) is 0. The molecule has 0 aliphatic carbocycles. The number of benzene rings is 4. The number of aryl methyl sites for hydroxylation is 1. The van der Waals surface area contributed by atoms with E-state index in [4.69, 9.17) is 0 Å². The summed E-state index contributed by atoms with van der Waals surface area (Å²) >= 11 is 0. The second kappa shape index (κ2) is 15.8. The molecule has 0 aliphatic rings. The Bertz CT molecular complexity index is 1390. The molecule has 0 atom stereocenters. The first kappa shape index (κ1) is 29.1. The smallest absolute Gasteiger partial charge is 0.346 e. The van der Waals surface area contributed by atoms with Crippen molar-refractivity contribution in [3.8, 4) is 11.1 Å².